The van der Waals surface area contributed by atoms with Gasteiger partial charge in [0.1, 0.15) is 18.1 Å². The van der Waals surface area contributed by atoms with Crippen LogP contribution >= 0.6 is 0 Å². The van der Waals surface area contributed by atoms with E-state index < -0.39 is 17.6 Å². The first-order valence-corrected chi connectivity index (χ1v) is 9.23. The van der Waals surface area contributed by atoms with Crippen molar-refractivity contribution in [1.29, 1.82) is 0 Å². The quantitative estimate of drug-likeness (QED) is 0.583. The van der Waals surface area contributed by atoms with Crippen LogP contribution in [0.5, 0.6) is 5.75 Å². The lowest BCUT2D eigenvalue weighted by atomic mass is 10.1. The average molecular weight is 414 g/mol. The Bertz CT molecular complexity index is 801. The number of benzene rings is 1. The molecule has 0 aliphatic heterocycles. The highest BCUT2D eigenvalue weighted by Crippen LogP contribution is 2.35. The largest absolute Gasteiger partial charge is 0.489 e. The molecule has 1 heterocycles. The van der Waals surface area contributed by atoms with Crippen molar-refractivity contribution in [3.05, 3.63) is 47.4 Å². The summed E-state index contributed by atoms with van der Waals surface area (Å²) in [5.41, 5.74) is -0.990. The molecule has 0 bridgehead atoms. The molecule has 1 amide bonds. The van der Waals surface area contributed by atoms with E-state index in [0.717, 1.165) is 25.2 Å². The molecule has 2 rings (SSSR count). The zero-order valence-corrected chi connectivity index (χ0v) is 16.6. The molecule has 0 radical (unpaired) electrons. The summed E-state index contributed by atoms with van der Waals surface area (Å²) in [6.45, 7) is 6.59. The molecule has 0 atom stereocenters. The maximum Gasteiger partial charge on any atom is 0.416 e. The summed E-state index contributed by atoms with van der Waals surface area (Å²) in [4.78, 5) is 14.6. The zero-order chi connectivity index (χ0) is 21.4. The van der Waals surface area contributed by atoms with Crippen molar-refractivity contribution in [1.82, 2.24) is 4.90 Å². The minimum atomic E-state index is -4.55. The molecular weight excluding hydrogens is 389 g/mol. The standard InChI is InChI=1S/C20H25F3N2O4/c1-4-25(5-2)13-15-7-9-18(29-15)19(26)24-16-12-14(20(21,22)23)6-8-17(16)28-11-10-27-3/h6-9,12H,4-5,10-11,13H2,1-3H3,(H,24,26). The normalized spacial score (nSPS) is 11.7. The number of alkyl halides is 3. The highest BCUT2D eigenvalue weighted by atomic mass is 19.4. The fourth-order valence-electron chi connectivity index (χ4n) is 2.60. The van der Waals surface area contributed by atoms with Crippen LogP contribution in [0, 0.1) is 0 Å². The highest BCUT2D eigenvalue weighted by molar-refractivity contribution is 6.03. The number of rotatable bonds is 10. The Kier molecular flexibility index (Phi) is 8.10. The van der Waals surface area contributed by atoms with Crippen LogP contribution in [-0.4, -0.2) is 44.2 Å². The maximum absolute atomic E-state index is 13.1. The summed E-state index contributed by atoms with van der Waals surface area (Å²) in [5, 5.41) is 2.45. The smallest absolute Gasteiger partial charge is 0.416 e. The fourth-order valence-corrected chi connectivity index (χ4v) is 2.60. The van der Waals surface area contributed by atoms with Crippen molar-refractivity contribution in [2.24, 2.45) is 0 Å². The lowest BCUT2D eigenvalue weighted by Crippen LogP contribution is -2.21. The van der Waals surface area contributed by atoms with Gasteiger partial charge in [0.2, 0.25) is 0 Å². The molecule has 0 spiro atoms. The molecule has 1 aromatic carbocycles. The third kappa shape index (κ3) is 6.50. The van der Waals surface area contributed by atoms with Gasteiger partial charge in [0.25, 0.3) is 5.91 Å². The van der Waals surface area contributed by atoms with Gasteiger partial charge in [0.05, 0.1) is 24.4 Å². The van der Waals surface area contributed by atoms with E-state index in [2.05, 4.69) is 10.2 Å². The number of hydrogen-bond donors (Lipinski definition) is 1. The van der Waals surface area contributed by atoms with E-state index in [9.17, 15) is 18.0 Å². The van der Waals surface area contributed by atoms with E-state index in [0.29, 0.717) is 12.3 Å². The van der Waals surface area contributed by atoms with E-state index in [1.54, 1.807) is 6.07 Å². The first kappa shape index (κ1) is 22.8. The number of hydrogen-bond acceptors (Lipinski definition) is 5. The van der Waals surface area contributed by atoms with E-state index >= 15 is 0 Å². The third-order valence-corrected chi connectivity index (χ3v) is 4.26. The molecule has 29 heavy (non-hydrogen) atoms. The van der Waals surface area contributed by atoms with Crippen LogP contribution in [0.3, 0.4) is 0 Å². The van der Waals surface area contributed by atoms with Crippen LogP contribution in [0.4, 0.5) is 18.9 Å². The minimum Gasteiger partial charge on any atom is -0.489 e. The van der Waals surface area contributed by atoms with E-state index in [4.69, 9.17) is 13.9 Å². The summed E-state index contributed by atoms with van der Waals surface area (Å²) >= 11 is 0. The van der Waals surface area contributed by atoms with Crippen molar-refractivity contribution in [3.8, 4) is 5.75 Å². The van der Waals surface area contributed by atoms with Gasteiger partial charge in [0, 0.05) is 7.11 Å². The van der Waals surface area contributed by atoms with E-state index in [-0.39, 0.29) is 30.4 Å². The summed E-state index contributed by atoms with van der Waals surface area (Å²) in [5.74, 6) is 0.0527. The Morgan fingerprint density at radius 3 is 2.48 bits per heavy atom. The van der Waals surface area contributed by atoms with Crippen LogP contribution in [-0.2, 0) is 17.5 Å². The second kappa shape index (κ2) is 10.3. The van der Waals surface area contributed by atoms with Crippen molar-refractivity contribution in [2.75, 3.05) is 38.7 Å². The van der Waals surface area contributed by atoms with Gasteiger partial charge in [-0.3, -0.25) is 9.69 Å². The van der Waals surface area contributed by atoms with Crippen LogP contribution in [0.25, 0.3) is 0 Å². The second-order valence-corrected chi connectivity index (χ2v) is 6.23. The Balaban J connectivity index is 2.19. The molecule has 1 N–H and O–H groups in total. The number of halogens is 3. The Hall–Kier alpha value is -2.52. The van der Waals surface area contributed by atoms with E-state index in [1.165, 1.54) is 19.2 Å². The number of furan rings is 1. The number of nitrogens with one attached hydrogen (secondary N) is 1. The molecule has 0 saturated carbocycles. The van der Waals surface area contributed by atoms with Gasteiger partial charge in [-0.05, 0) is 43.4 Å². The fraction of sp³-hybridized carbons (Fsp3) is 0.450. The summed E-state index contributed by atoms with van der Waals surface area (Å²) < 4.78 is 55.0. The van der Waals surface area contributed by atoms with Gasteiger partial charge < -0.3 is 19.2 Å². The number of amides is 1. The maximum atomic E-state index is 13.1. The van der Waals surface area contributed by atoms with Crippen LogP contribution in [0.15, 0.2) is 34.7 Å². The van der Waals surface area contributed by atoms with E-state index in [1.807, 2.05) is 13.8 Å². The predicted molar refractivity (Wildman–Crippen MR) is 102 cm³/mol. The molecule has 1 aromatic heterocycles. The lowest BCUT2D eigenvalue weighted by Gasteiger charge is -2.16. The van der Waals surface area contributed by atoms with Crippen molar-refractivity contribution >= 4 is 11.6 Å². The summed E-state index contributed by atoms with van der Waals surface area (Å²) in [7, 11) is 1.48. The molecule has 0 aliphatic rings. The summed E-state index contributed by atoms with van der Waals surface area (Å²) in [6, 6.07) is 6.07. The monoisotopic (exact) mass is 414 g/mol. The van der Waals surface area contributed by atoms with Gasteiger partial charge in [-0.15, -0.1) is 0 Å². The van der Waals surface area contributed by atoms with Gasteiger partial charge >= 0.3 is 6.18 Å². The molecule has 0 fully saturated rings. The molecule has 2 aromatic rings. The number of nitrogens with zero attached hydrogens (tertiary/aromatic N) is 1. The number of carbonyl (C=O) groups is 1. The summed E-state index contributed by atoms with van der Waals surface area (Å²) in [6.07, 6.45) is -4.55. The van der Waals surface area contributed by atoms with Crippen molar-refractivity contribution < 1.29 is 31.9 Å². The Morgan fingerprint density at radius 1 is 1.14 bits per heavy atom. The number of ether oxygens (including phenoxy) is 2. The topological polar surface area (TPSA) is 63.9 Å². The first-order chi connectivity index (χ1) is 13.8. The zero-order valence-electron chi connectivity index (χ0n) is 16.6. The molecule has 0 unspecified atom stereocenters. The average Bonchev–Trinajstić information content (AvgIpc) is 3.15. The van der Waals surface area contributed by atoms with Crippen LogP contribution < -0.4 is 10.1 Å². The SMILES string of the molecule is CCN(CC)Cc1ccc(C(=O)Nc2cc(C(F)(F)F)ccc2OCCOC)o1. The molecule has 6 nitrogen and oxygen atoms in total. The predicted octanol–water partition coefficient (Wildman–Crippen LogP) is 4.42. The Labute approximate surface area is 167 Å². The number of carbonyl (C=O) groups excluding carboxylic acids is 1. The van der Waals surface area contributed by atoms with Gasteiger partial charge in [-0.1, -0.05) is 13.8 Å². The highest BCUT2D eigenvalue weighted by Gasteiger charge is 2.31. The minimum absolute atomic E-state index is 0.00686. The molecule has 0 saturated heterocycles. The number of methoxy groups -OCH3 is 1. The lowest BCUT2D eigenvalue weighted by molar-refractivity contribution is -0.137. The first-order valence-electron chi connectivity index (χ1n) is 9.23. The van der Waals surface area contributed by atoms with Gasteiger partial charge in [-0.2, -0.15) is 13.2 Å². The second-order valence-electron chi connectivity index (χ2n) is 6.23. The molecule has 0 aliphatic carbocycles. The van der Waals surface area contributed by atoms with Crippen molar-refractivity contribution in [3.63, 3.8) is 0 Å². The Morgan fingerprint density at radius 2 is 1.86 bits per heavy atom. The van der Waals surface area contributed by atoms with Crippen LogP contribution in [0.1, 0.15) is 35.7 Å². The molecule has 9 heteroatoms. The molecule has 160 valence electrons. The number of anilines is 1. The van der Waals surface area contributed by atoms with Crippen LogP contribution in [0.2, 0.25) is 0 Å². The molecular formula is C20H25F3N2O4. The van der Waals surface area contributed by atoms with Gasteiger partial charge in [-0.25, -0.2) is 0 Å². The third-order valence-electron chi connectivity index (χ3n) is 4.26. The van der Waals surface area contributed by atoms with Gasteiger partial charge in [0.15, 0.2) is 5.76 Å². The van der Waals surface area contributed by atoms with Crippen molar-refractivity contribution in [2.45, 2.75) is 26.6 Å².